The first-order valence-electron chi connectivity index (χ1n) is 12.0. The van der Waals surface area contributed by atoms with E-state index in [1.807, 2.05) is 31.2 Å². The number of hydrogen-bond acceptors (Lipinski definition) is 4. The first-order valence-corrected chi connectivity index (χ1v) is 12.0. The molecule has 7 nitrogen and oxygen atoms in total. The van der Waals surface area contributed by atoms with Crippen molar-refractivity contribution in [1.29, 1.82) is 0 Å². The van der Waals surface area contributed by atoms with Gasteiger partial charge in [0, 0.05) is 24.9 Å². The van der Waals surface area contributed by atoms with Gasteiger partial charge in [0.15, 0.2) is 0 Å². The summed E-state index contributed by atoms with van der Waals surface area (Å²) in [5.41, 5.74) is 3.41. The predicted octanol–water partition coefficient (Wildman–Crippen LogP) is 4.55. The summed E-state index contributed by atoms with van der Waals surface area (Å²) in [6.07, 6.45) is 1.97. The van der Waals surface area contributed by atoms with E-state index in [2.05, 4.69) is 29.6 Å². The van der Waals surface area contributed by atoms with Gasteiger partial charge in [0.05, 0.1) is 0 Å². The molecule has 1 saturated heterocycles. The molecule has 2 aromatic rings. The van der Waals surface area contributed by atoms with Gasteiger partial charge in [-0.25, -0.2) is 9.59 Å². The summed E-state index contributed by atoms with van der Waals surface area (Å²) in [4.78, 5) is 38.8. The van der Waals surface area contributed by atoms with Crippen LogP contribution in [-0.4, -0.2) is 52.7 Å². The molecule has 1 fully saturated rings. The Balaban J connectivity index is 1.39. The van der Waals surface area contributed by atoms with E-state index in [1.54, 1.807) is 6.92 Å². The molecule has 2 atom stereocenters. The van der Waals surface area contributed by atoms with Gasteiger partial charge in [-0.05, 0) is 48.4 Å². The summed E-state index contributed by atoms with van der Waals surface area (Å²) in [5, 5.41) is 12.4. The fourth-order valence-corrected chi connectivity index (χ4v) is 5.29. The van der Waals surface area contributed by atoms with E-state index in [-0.39, 0.29) is 24.9 Å². The molecular formula is C27H32N2O5. The Morgan fingerprint density at radius 1 is 1.12 bits per heavy atom. The van der Waals surface area contributed by atoms with Crippen LogP contribution in [0.2, 0.25) is 0 Å². The SMILES string of the molecule is CCC[C@H](CC(=O)N1CCC[C@]1(C)C(=O)O)NC(=O)OCC1c2ccccc2-c2ccccc21. The molecule has 34 heavy (non-hydrogen) atoms. The number of nitrogens with one attached hydrogen (secondary N) is 1. The van der Waals surface area contributed by atoms with Crippen LogP contribution in [0, 0.1) is 0 Å². The number of benzene rings is 2. The largest absolute Gasteiger partial charge is 0.480 e. The number of carboxylic acid groups (broad SMARTS) is 1. The zero-order valence-electron chi connectivity index (χ0n) is 19.8. The summed E-state index contributed by atoms with van der Waals surface area (Å²) in [7, 11) is 0. The van der Waals surface area contributed by atoms with Crippen LogP contribution >= 0.6 is 0 Å². The standard InChI is InChI=1S/C27H32N2O5/c1-3-9-18(16-24(30)29-15-8-14-27(29,2)25(31)32)28-26(33)34-17-23-21-12-6-4-10-19(21)20-11-5-7-13-22(20)23/h4-7,10-13,18,23H,3,8-9,14-17H2,1-2H3,(H,28,33)(H,31,32)/t18-,27-/m1/s1. The lowest BCUT2D eigenvalue weighted by atomic mass is 9.98. The van der Waals surface area contributed by atoms with Crippen molar-refractivity contribution >= 4 is 18.0 Å². The molecule has 7 heteroatoms. The fourth-order valence-electron chi connectivity index (χ4n) is 5.29. The Kier molecular flexibility index (Phi) is 6.91. The number of carbonyl (C=O) groups excluding carboxylic acids is 2. The lowest BCUT2D eigenvalue weighted by Crippen LogP contribution is -2.52. The van der Waals surface area contributed by atoms with Crippen molar-refractivity contribution in [2.75, 3.05) is 13.2 Å². The third kappa shape index (κ3) is 4.52. The number of nitrogens with zero attached hydrogens (tertiary/aromatic N) is 1. The quantitative estimate of drug-likeness (QED) is 0.598. The zero-order chi connectivity index (χ0) is 24.3. The molecule has 0 aromatic heterocycles. The maximum atomic E-state index is 12.9. The number of ether oxygens (including phenoxy) is 1. The highest BCUT2D eigenvalue weighted by molar-refractivity contribution is 5.88. The Bertz CT molecular complexity index is 1040. The fraction of sp³-hybridized carbons (Fsp3) is 0.444. The summed E-state index contributed by atoms with van der Waals surface area (Å²) in [6.45, 7) is 4.20. The third-order valence-corrected chi connectivity index (χ3v) is 7.13. The van der Waals surface area contributed by atoms with Crippen LogP contribution in [0.5, 0.6) is 0 Å². The highest BCUT2D eigenvalue weighted by Crippen LogP contribution is 2.44. The molecular weight excluding hydrogens is 432 g/mol. The summed E-state index contributed by atoms with van der Waals surface area (Å²) in [6, 6.07) is 15.9. The first-order chi connectivity index (χ1) is 16.3. The third-order valence-electron chi connectivity index (χ3n) is 7.13. The van der Waals surface area contributed by atoms with Gasteiger partial charge in [0.2, 0.25) is 5.91 Å². The Hall–Kier alpha value is -3.35. The van der Waals surface area contributed by atoms with Crippen LogP contribution in [0.25, 0.3) is 11.1 Å². The van der Waals surface area contributed by atoms with Crippen molar-refractivity contribution in [1.82, 2.24) is 10.2 Å². The van der Waals surface area contributed by atoms with Crippen molar-refractivity contribution in [2.24, 2.45) is 0 Å². The van der Waals surface area contributed by atoms with Gasteiger partial charge in [-0.1, -0.05) is 61.9 Å². The molecule has 0 unspecified atom stereocenters. The second-order valence-electron chi connectivity index (χ2n) is 9.39. The van der Waals surface area contributed by atoms with Crippen LogP contribution in [0.1, 0.15) is 63.0 Å². The number of fused-ring (bicyclic) bond motifs is 3. The van der Waals surface area contributed by atoms with Crippen LogP contribution < -0.4 is 5.32 Å². The second-order valence-corrected chi connectivity index (χ2v) is 9.39. The number of rotatable bonds is 8. The molecule has 2 amide bonds. The minimum atomic E-state index is -1.18. The van der Waals surface area contributed by atoms with E-state index < -0.39 is 23.6 Å². The monoisotopic (exact) mass is 464 g/mol. The first kappa shape index (κ1) is 23.8. The van der Waals surface area contributed by atoms with E-state index in [4.69, 9.17) is 4.74 Å². The lowest BCUT2D eigenvalue weighted by Gasteiger charge is -2.32. The van der Waals surface area contributed by atoms with Crippen molar-refractivity contribution in [2.45, 2.75) is 63.5 Å². The van der Waals surface area contributed by atoms with E-state index in [1.165, 1.54) is 4.90 Å². The molecule has 2 aromatic carbocycles. The Labute approximate surface area is 200 Å². The molecule has 4 rings (SSSR count). The number of hydrogen-bond donors (Lipinski definition) is 2. The van der Waals surface area contributed by atoms with Gasteiger partial charge < -0.3 is 20.1 Å². The lowest BCUT2D eigenvalue weighted by molar-refractivity contribution is -0.155. The molecule has 0 spiro atoms. The maximum absolute atomic E-state index is 12.9. The normalized spacial score (nSPS) is 19.9. The summed E-state index contributed by atoms with van der Waals surface area (Å²) < 4.78 is 5.63. The van der Waals surface area contributed by atoms with Gasteiger partial charge in [-0.2, -0.15) is 0 Å². The predicted molar refractivity (Wildman–Crippen MR) is 129 cm³/mol. The molecule has 1 heterocycles. The van der Waals surface area contributed by atoms with Crippen molar-refractivity contribution in [3.8, 4) is 11.1 Å². The van der Waals surface area contributed by atoms with Gasteiger partial charge >= 0.3 is 12.1 Å². The average Bonchev–Trinajstić information content (AvgIpc) is 3.37. The number of carbonyl (C=O) groups is 3. The maximum Gasteiger partial charge on any atom is 0.407 e. The number of aliphatic carboxylic acids is 1. The topological polar surface area (TPSA) is 95.9 Å². The van der Waals surface area contributed by atoms with E-state index >= 15 is 0 Å². The van der Waals surface area contributed by atoms with E-state index in [0.29, 0.717) is 25.8 Å². The molecule has 1 aliphatic heterocycles. The van der Waals surface area contributed by atoms with Crippen LogP contribution in [0.15, 0.2) is 48.5 Å². The van der Waals surface area contributed by atoms with Crippen LogP contribution in [0.4, 0.5) is 4.79 Å². The molecule has 180 valence electrons. The van der Waals surface area contributed by atoms with Gasteiger partial charge in [-0.15, -0.1) is 0 Å². The average molecular weight is 465 g/mol. The smallest absolute Gasteiger partial charge is 0.407 e. The van der Waals surface area contributed by atoms with E-state index in [9.17, 15) is 19.5 Å². The molecule has 2 N–H and O–H groups in total. The highest BCUT2D eigenvalue weighted by atomic mass is 16.5. The Morgan fingerprint density at radius 2 is 1.74 bits per heavy atom. The Morgan fingerprint density at radius 3 is 2.32 bits per heavy atom. The highest BCUT2D eigenvalue weighted by Gasteiger charge is 2.46. The van der Waals surface area contributed by atoms with Gasteiger partial charge in [0.1, 0.15) is 12.1 Å². The molecule has 2 aliphatic rings. The molecule has 0 saturated carbocycles. The molecule has 0 bridgehead atoms. The van der Waals surface area contributed by atoms with Crippen LogP contribution in [0.3, 0.4) is 0 Å². The van der Waals surface area contributed by atoms with Crippen LogP contribution in [-0.2, 0) is 14.3 Å². The minimum Gasteiger partial charge on any atom is -0.480 e. The number of carboxylic acids is 1. The van der Waals surface area contributed by atoms with Crippen molar-refractivity contribution in [3.63, 3.8) is 0 Å². The number of amides is 2. The van der Waals surface area contributed by atoms with E-state index in [0.717, 1.165) is 28.7 Å². The summed E-state index contributed by atoms with van der Waals surface area (Å²) in [5.74, 6) is -1.28. The van der Waals surface area contributed by atoms with Crippen molar-refractivity contribution < 1.29 is 24.2 Å². The van der Waals surface area contributed by atoms with Gasteiger partial charge in [-0.3, -0.25) is 4.79 Å². The zero-order valence-corrected chi connectivity index (χ0v) is 19.8. The van der Waals surface area contributed by atoms with Gasteiger partial charge in [0.25, 0.3) is 0 Å². The second kappa shape index (κ2) is 9.87. The molecule has 1 aliphatic carbocycles. The minimum absolute atomic E-state index is 0.0368. The number of likely N-dealkylation sites (tertiary alicyclic amines) is 1. The molecule has 0 radical (unpaired) electrons. The number of alkyl carbamates (subject to hydrolysis) is 1. The summed E-state index contributed by atoms with van der Waals surface area (Å²) >= 11 is 0. The van der Waals surface area contributed by atoms with Crippen molar-refractivity contribution in [3.05, 3.63) is 59.7 Å².